The summed E-state index contributed by atoms with van der Waals surface area (Å²) in [4.78, 5) is 40.1. The van der Waals surface area contributed by atoms with Crippen LogP contribution in [0.3, 0.4) is 0 Å². The first-order valence-corrected chi connectivity index (χ1v) is 10.3. The number of nitrogens with zero attached hydrogens (tertiary/aromatic N) is 2. The Hall–Kier alpha value is -2.87. The molecule has 3 rings (SSSR count). The highest BCUT2D eigenvalue weighted by atomic mass is 16.5. The predicted molar refractivity (Wildman–Crippen MR) is 114 cm³/mol. The Morgan fingerprint density at radius 3 is 2.53 bits per heavy atom. The summed E-state index contributed by atoms with van der Waals surface area (Å²) in [5.41, 5.74) is 1.79. The number of ether oxygens (including phenoxy) is 1. The van der Waals surface area contributed by atoms with Gasteiger partial charge in [-0.2, -0.15) is 0 Å². The fraction of sp³-hybridized carbons (Fsp3) is 0.500. The zero-order valence-corrected chi connectivity index (χ0v) is 18.0. The lowest BCUT2D eigenvalue weighted by atomic mass is 10.0. The second-order valence-corrected chi connectivity index (χ2v) is 7.62. The molecule has 0 radical (unpaired) electrons. The topological polar surface area (TPSA) is 92.1 Å². The third-order valence-corrected chi connectivity index (χ3v) is 5.40. The molecule has 0 saturated carbocycles. The van der Waals surface area contributed by atoms with E-state index in [0.717, 1.165) is 16.5 Å². The van der Waals surface area contributed by atoms with Gasteiger partial charge in [0.25, 0.3) is 5.91 Å². The zero-order chi connectivity index (χ0) is 21.8. The van der Waals surface area contributed by atoms with E-state index in [2.05, 4.69) is 5.32 Å². The van der Waals surface area contributed by atoms with Gasteiger partial charge in [0.1, 0.15) is 11.3 Å². The van der Waals surface area contributed by atoms with E-state index in [0.29, 0.717) is 50.5 Å². The lowest BCUT2D eigenvalue weighted by Gasteiger charge is -2.35. The Kier molecular flexibility index (Phi) is 6.77. The van der Waals surface area contributed by atoms with Gasteiger partial charge in [-0.3, -0.25) is 14.5 Å². The van der Waals surface area contributed by atoms with Gasteiger partial charge >= 0.3 is 5.63 Å². The van der Waals surface area contributed by atoms with Crippen LogP contribution in [0.25, 0.3) is 11.0 Å². The van der Waals surface area contributed by atoms with Crippen LogP contribution in [0.15, 0.2) is 27.4 Å². The van der Waals surface area contributed by atoms with Gasteiger partial charge in [0.15, 0.2) is 6.10 Å². The first-order chi connectivity index (χ1) is 14.3. The minimum atomic E-state index is -0.683. The molecule has 1 atom stereocenters. The van der Waals surface area contributed by atoms with Crippen molar-refractivity contribution in [3.63, 3.8) is 0 Å². The summed E-state index contributed by atoms with van der Waals surface area (Å²) in [5.74, 6) is 0.417. The summed E-state index contributed by atoms with van der Waals surface area (Å²) in [6.07, 6.45) is -0.0333. The first-order valence-electron chi connectivity index (χ1n) is 10.3. The molecular weight excluding hydrogens is 386 g/mol. The van der Waals surface area contributed by atoms with Gasteiger partial charge < -0.3 is 19.4 Å². The number of hydrogen-bond acceptors (Lipinski definition) is 6. The number of amides is 2. The van der Waals surface area contributed by atoms with Gasteiger partial charge in [-0.05, 0) is 43.5 Å². The van der Waals surface area contributed by atoms with Gasteiger partial charge in [0, 0.05) is 39.3 Å². The van der Waals surface area contributed by atoms with E-state index in [1.165, 1.54) is 6.07 Å². The molecule has 1 unspecified atom stereocenters. The van der Waals surface area contributed by atoms with Gasteiger partial charge in [-0.25, -0.2) is 4.79 Å². The van der Waals surface area contributed by atoms with Crippen molar-refractivity contribution in [3.8, 4) is 5.75 Å². The number of hydrogen-bond donors (Lipinski definition) is 1. The SMILES string of the molecule is CCc1cc(=O)oc2cc(C)cc(OC(C)C(=O)N3CCN(CC(=O)NC)CC3)c12. The molecule has 1 aromatic heterocycles. The van der Waals surface area contributed by atoms with Crippen molar-refractivity contribution >= 4 is 22.8 Å². The van der Waals surface area contributed by atoms with Crippen LogP contribution >= 0.6 is 0 Å². The summed E-state index contributed by atoms with van der Waals surface area (Å²) in [7, 11) is 1.62. The second kappa shape index (κ2) is 9.30. The maximum Gasteiger partial charge on any atom is 0.336 e. The van der Waals surface area contributed by atoms with Crippen molar-refractivity contribution in [2.45, 2.75) is 33.3 Å². The summed E-state index contributed by atoms with van der Waals surface area (Å²) in [5, 5.41) is 3.35. The zero-order valence-electron chi connectivity index (χ0n) is 18.0. The number of benzene rings is 1. The van der Waals surface area contributed by atoms with E-state index in [-0.39, 0.29) is 11.8 Å². The molecule has 0 spiro atoms. The number of fused-ring (bicyclic) bond motifs is 1. The standard InChI is InChI=1S/C22H29N3O5/c1-5-16-12-20(27)30-18-11-14(2)10-17(21(16)18)29-15(3)22(28)25-8-6-24(7-9-25)13-19(26)23-4/h10-12,15H,5-9,13H2,1-4H3,(H,23,26). The number of aryl methyl sites for hydroxylation is 2. The Balaban J connectivity index is 1.74. The highest BCUT2D eigenvalue weighted by molar-refractivity contribution is 5.88. The van der Waals surface area contributed by atoms with Crippen molar-refractivity contribution in [3.05, 3.63) is 39.7 Å². The maximum absolute atomic E-state index is 12.9. The molecule has 2 amide bonds. The van der Waals surface area contributed by atoms with Crippen molar-refractivity contribution in [1.29, 1.82) is 0 Å². The van der Waals surface area contributed by atoms with Gasteiger partial charge in [0.05, 0.1) is 11.9 Å². The lowest BCUT2D eigenvalue weighted by Crippen LogP contribution is -2.53. The number of carbonyl (C=O) groups is 2. The molecule has 1 N–H and O–H groups in total. The monoisotopic (exact) mass is 415 g/mol. The molecule has 8 nitrogen and oxygen atoms in total. The summed E-state index contributed by atoms with van der Waals surface area (Å²) < 4.78 is 11.5. The van der Waals surface area contributed by atoms with Crippen molar-refractivity contribution in [2.75, 3.05) is 39.8 Å². The average molecular weight is 415 g/mol. The summed E-state index contributed by atoms with van der Waals surface area (Å²) >= 11 is 0. The van der Waals surface area contributed by atoms with E-state index >= 15 is 0 Å². The van der Waals surface area contributed by atoms with Crippen LogP contribution < -0.4 is 15.7 Å². The normalized spacial score (nSPS) is 15.8. The van der Waals surface area contributed by atoms with E-state index in [1.54, 1.807) is 24.9 Å². The highest BCUT2D eigenvalue weighted by Gasteiger charge is 2.27. The number of piperazine rings is 1. The third-order valence-electron chi connectivity index (χ3n) is 5.40. The average Bonchev–Trinajstić information content (AvgIpc) is 2.72. The molecule has 1 aromatic carbocycles. The van der Waals surface area contributed by atoms with E-state index in [1.807, 2.05) is 24.8 Å². The second-order valence-electron chi connectivity index (χ2n) is 7.62. The minimum Gasteiger partial charge on any atom is -0.480 e. The molecule has 2 aromatic rings. The minimum absolute atomic E-state index is 0.0313. The number of nitrogens with one attached hydrogen (secondary N) is 1. The Bertz CT molecular complexity index is 992. The lowest BCUT2D eigenvalue weighted by molar-refractivity contribution is -0.139. The van der Waals surface area contributed by atoms with Gasteiger partial charge in [0.2, 0.25) is 5.91 Å². The summed E-state index contributed by atoms with van der Waals surface area (Å²) in [6.45, 7) is 8.31. The molecular formula is C22H29N3O5. The van der Waals surface area contributed by atoms with Crippen LogP contribution in [-0.2, 0) is 16.0 Å². The molecule has 1 saturated heterocycles. The summed E-state index contributed by atoms with van der Waals surface area (Å²) in [6, 6.07) is 5.15. The molecule has 2 heterocycles. The molecule has 1 fully saturated rings. The fourth-order valence-corrected chi connectivity index (χ4v) is 3.75. The fourth-order valence-electron chi connectivity index (χ4n) is 3.75. The molecule has 1 aliphatic rings. The molecule has 0 bridgehead atoms. The Labute approximate surface area is 175 Å². The van der Waals surface area contributed by atoms with Crippen molar-refractivity contribution in [1.82, 2.24) is 15.1 Å². The molecule has 0 aliphatic carbocycles. The van der Waals surface area contributed by atoms with Crippen molar-refractivity contribution in [2.24, 2.45) is 0 Å². The molecule has 1 aliphatic heterocycles. The van der Waals surface area contributed by atoms with Crippen LogP contribution in [0.1, 0.15) is 25.0 Å². The predicted octanol–water partition coefficient (Wildman–Crippen LogP) is 1.32. The van der Waals surface area contributed by atoms with Crippen LogP contribution in [0, 0.1) is 6.92 Å². The first kappa shape index (κ1) is 21.8. The molecule has 8 heteroatoms. The smallest absolute Gasteiger partial charge is 0.336 e. The number of rotatable bonds is 6. The molecule has 162 valence electrons. The van der Waals surface area contributed by atoms with Crippen LogP contribution in [0.2, 0.25) is 0 Å². The Morgan fingerprint density at radius 2 is 1.90 bits per heavy atom. The van der Waals surface area contributed by atoms with Crippen LogP contribution in [-0.4, -0.2) is 67.5 Å². The third kappa shape index (κ3) is 4.81. The van der Waals surface area contributed by atoms with E-state index in [4.69, 9.17) is 9.15 Å². The highest BCUT2D eigenvalue weighted by Crippen LogP contribution is 2.31. The van der Waals surface area contributed by atoms with E-state index in [9.17, 15) is 14.4 Å². The van der Waals surface area contributed by atoms with Crippen LogP contribution in [0.5, 0.6) is 5.75 Å². The quantitative estimate of drug-likeness (QED) is 0.716. The van der Waals surface area contributed by atoms with Crippen molar-refractivity contribution < 1.29 is 18.7 Å². The largest absolute Gasteiger partial charge is 0.480 e. The Morgan fingerprint density at radius 1 is 1.20 bits per heavy atom. The van der Waals surface area contributed by atoms with Gasteiger partial charge in [-0.1, -0.05) is 6.92 Å². The molecule has 30 heavy (non-hydrogen) atoms. The van der Waals surface area contributed by atoms with Gasteiger partial charge in [-0.15, -0.1) is 0 Å². The van der Waals surface area contributed by atoms with E-state index < -0.39 is 11.7 Å². The number of carbonyl (C=O) groups excluding carboxylic acids is 2. The maximum atomic E-state index is 12.9. The van der Waals surface area contributed by atoms with Crippen LogP contribution in [0.4, 0.5) is 0 Å². The number of likely N-dealkylation sites (N-methyl/N-ethyl adjacent to an activating group) is 1.